The molecule has 0 radical (unpaired) electrons. The van der Waals surface area contributed by atoms with E-state index >= 15 is 0 Å². The summed E-state index contributed by atoms with van der Waals surface area (Å²) in [5.74, 6) is -0.237. The zero-order valence-corrected chi connectivity index (χ0v) is 16.6. The maximum absolute atomic E-state index is 12.4. The third-order valence-electron chi connectivity index (χ3n) is 5.01. The molecule has 0 unspecified atom stereocenters. The Bertz CT molecular complexity index is 904. The quantitative estimate of drug-likeness (QED) is 0.653. The fourth-order valence-electron chi connectivity index (χ4n) is 3.45. The third-order valence-corrected chi connectivity index (χ3v) is 5.01. The van der Waals surface area contributed by atoms with E-state index in [9.17, 15) is 18.4 Å². The van der Waals surface area contributed by atoms with Crippen LogP contribution in [0.5, 0.6) is 11.5 Å². The summed E-state index contributed by atoms with van der Waals surface area (Å²) in [6.45, 7) is -2.54. The van der Waals surface area contributed by atoms with Gasteiger partial charge in [-0.1, -0.05) is 24.3 Å². The molecule has 2 N–H and O–H groups in total. The summed E-state index contributed by atoms with van der Waals surface area (Å²) in [5, 5.41) is 5.71. The molecule has 2 aromatic carbocycles. The van der Waals surface area contributed by atoms with Crippen molar-refractivity contribution in [3.8, 4) is 11.5 Å². The van der Waals surface area contributed by atoms with Crippen molar-refractivity contribution in [3.63, 3.8) is 0 Å². The summed E-state index contributed by atoms with van der Waals surface area (Å²) < 4.78 is 34.2. The van der Waals surface area contributed by atoms with Gasteiger partial charge < -0.3 is 20.1 Å². The van der Waals surface area contributed by atoms with Crippen LogP contribution in [0.1, 0.15) is 24.0 Å². The molecule has 0 saturated carbocycles. The number of nitrogens with one attached hydrogen (secondary N) is 2. The van der Waals surface area contributed by atoms with E-state index in [-0.39, 0.29) is 35.7 Å². The number of carbonyl (C=O) groups excluding carboxylic acids is 2. The Morgan fingerprint density at radius 1 is 1.23 bits per heavy atom. The van der Waals surface area contributed by atoms with Crippen molar-refractivity contribution in [2.24, 2.45) is 5.92 Å². The Balaban J connectivity index is 1.44. The van der Waals surface area contributed by atoms with Crippen molar-refractivity contribution < 1.29 is 27.8 Å². The van der Waals surface area contributed by atoms with Gasteiger partial charge in [0.25, 0.3) is 0 Å². The maximum atomic E-state index is 12.4. The number of para-hydroxylation sites is 1. The normalized spacial score (nSPS) is 15.3. The summed E-state index contributed by atoms with van der Waals surface area (Å²) in [4.78, 5) is 24.4. The number of carbonyl (C=O) groups is 2. The Hall–Kier alpha value is -3.16. The molecule has 6 nitrogen and oxygen atoms in total. The lowest BCUT2D eigenvalue weighted by Crippen LogP contribution is -2.32. The summed E-state index contributed by atoms with van der Waals surface area (Å²) in [6.07, 6.45) is 1.86. The lowest BCUT2D eigenvalue weighted by Gasteiger charge is -2.24. The number of hydrogen-bond donors (Lipinski definition) is 2. The van der Waals surface area contributed by atoms with E-state index < -0.39 is 6.61 Å². The van der Waals surface area contributed by atoms with E-state index in [1.54, 1.807) is 12.1 Å². The van der Waals surface area contributed by atoms with Crippen molar-refractivity contribution in [1.29, 1.82) is 0 Å². The minimum absolute atomic E-state index is 0.0346. The molecule has 2 aromatic rings. The van der Waals surface area contributed by atoms with Gasteiger partial charge in [-0.2, -0.15) is 8.78 Å². The van der Waals surface area contributed by atoms with Crippen LogP contribution in [0, 0.1) is 5.92 Å². The van der Waals surface area contributed by atoms with Gasteiger partial charge in [0.1, 0.15) is 0 Å². The zero-order valence-electron chi connectivity index (χ0n) is 16.6. The van der Waals surface area contributed by atoms with E-state index in [2.05, 4.69) is 15.4 Å². The van der Waals surface area contributed by atoms with Gasteiger partial charge in [0, 0.05) is 24.6 Å². The Kier molecular flexibility index (Phi) is 7.21. The molecular weight excluding hydrogens is 394 g/mol. The highest BCUT2D eigenvalue weighted by molar-refractivity contribution is 5.96. The molecule has 1 heterocycles. The molecule has 8 heteroatoms. The summed E-state index contributed by atoms with van der Waals surface area (Å²) in [5.41, 5.74) is 2.73. The average molecular weight is 418 g/mol. The van der Waals surface area contributed by atoms with Crippen molar-refractivity contribution >= 4 is 17.5 Å². The first-order chi connectivity index (χ1) is 14.5. The van der Waals surface area contributed by atoms with Crippen LogP contribution in [0.15, 0.2) is 42.5 Å². The highest BCUT2D eigenvalue weighted by Crippen LogP contribution is 2.30. The van der Waals surface area contributed by atoms with Gasteiger partial charge in [-0.15, -0.1) is 0 Å². The van der Waals surface area contributed by atoms with Crippen molar-refractivity contribution in [1.82, 2.24) is 5.32 Å². The second-order valence-electron chi connectivity index (χ2n) is 7.05. The van der Waals surface area contributed by atoms with E-state index in [0.717, 1.165) is 16.8 Å². The van der Waals surface area contributed by atoms with E-state index in [0.29, 0.717) is 25.8 Å². The largest absolute Gasteiger partial charge is 0.493 e. The van der Waals surface area contributed by atoms with Crippen molar-refractivity contribution in [3.05, 3.63) is 53.6 Å². The minimum atomic E-state index is -2.93. The molecule has 0 aromatic heterocycles. The number of halogens is 2. The van der Waals surface area contributed by atoms with Gasteiger partial charge in [0.2, 0.25) is 11.8 Å². The zero-order chi connectivity index (χ0) is 21.5. The van der Waals surface area contributed by atoms with Gasteiger partial charge in [-0.25, -0.2) is 0 Å². The monoisotopic (exact) mass is 418 g/mol. The number of fused-ring (bicyclic) bond motifs is 1. The molecule has 0 bridgehead atoms. The van der Waals surface area contributed by atoms with Gasteiger partial charge in [-0.05, 0) is 48.6 Å². The van der Waals surface area contributed by atoms with Gasteiger partial charge in [0.05, 0.1) is 7.11 Å². The van der Waals surface area contributed by atoms with Crippen molar-refractivity contribution in [2.45, 2.75) is 32.3 Å². The number of alkyl halides is 2. The average Bonchev–Trinajstić information content (AvgIpc) is 2.72. The van der Waals surface area contributed by atoms with E-state index in [1.165, 1.54) is 13.2 Å². The summed E-state index contributed by atoms with van der Waals surface area (Å²) >= 11 is 0. The molecule has 160 valence electrons. The number of methoxy groups -OCH3 is 1. The smallest absolute Gasteiger partial charge is 0.387 e. The van der Waals surface area contributed by atoms with Crippen molar-refractivity contribution in [2.75, 3.05) is 19.0 Å². The Labute approximate surface area is 173 Å². The van der Waals surface area contributed by atoms with Crippen LogP contribution in [0.25, 0.3) is 0 Å². The molecular formula is C22H24F2N2O4. The molecule has 1 aliphatic heterocycles. The fourth-order valence-corrected chi connectivity index (χ4v) is 3.45. The molecule has 0 fully saturated rings. The fraction of sp³-hybridized carbons (Fsp3) is 0.364. The number of anilines is 1. The van der Waals surface area contributed by atoms with Crippen LogP contribution < -0.4 is 20.1 Å². The number of ether oxygens (including phenoxy) is 2. The Morgan fingerprint density at radius 2 is 2.03 bits per heavy atom. The first kappa shape index (κ1) is 21.5. The molecule has 0 saturated heterocycles. The first-order valence-electron chi connectivity index (χ1n) is 9.73. The highest BCUT2D eigenvalue weighted by atomic mass is 19.3. The number of hydrogen-bond acceptors (Lipinski definition) is 4. The lowest BCUT2D eigenvalue weighted by molar-refractivity contribution is -0.122. The standard InChI is InChI=1S/C22H24F2N2O4/c1-29-19-12-14(6-8-18(19)30-22(23)24)10-11-25-20(27)9-7-16-13-15-4-2-3-5-17(15)26-21(16)28/h2-6,8,12,16,22H,7,9-11,13H2,1H3,(H,25,27)(H,26,28)/t16-/m0/s1. The van der Waals surface area contributed by atoms with Crippen LogP contribution in [0.3, 0.4) is 0 Å². The summed E-state index contributed by atoms with van der Waals surface area (Å²) in [6, 6.07) is 12.3. The number of amides is 2. The second-order valence-corrected chi connectivity index (χ2v) is 7.05. The molecule has 1 atom stereocenters. The predicted molar refractivity (Wildman–Crippen MR) is 108 cm³/mol. The highest BCUT2D eigenvalue weighted by Gasteiger charge is 2.26. The number of rotatable bonds is 9. The molecule has 1 aliphatic rings. The third kappa shape index (κ3) is 5.68. The first-order valence-corrected chi connectivity index (χ1v) is 9.73. The SMILES string of the molecule is COc1cc(CCNC(=O)CC[C@H]2Cc3ccccc3NC2=O)ccc1OC(F)F. The minimum Gasteiger partial charge on any atom is -0.493 e. The molecule has 2 amide bonds. The van der Waals surface area contributed by atoms with Crippen LogP contribution in [0.4, 0.5) is 14.5 Å². The van der Waals surface area contributed by atoms with Gasteiger partial charge >= 0.3 is 6.61 Å². The summed E-state index contributed by atoms with van der Waals surface area (Å²) in [7, 11) is 1.37. The van der Waals surface area contributed by atoms with Crippen LogP contribution in [-0.4, -0.2) is 32.1 Å². The van der Waals surface area contributed by atoms with E-state index in [4.69, 9.17) is 4.74 Å². The molecule has 30 heavy (non-hydrogen) atoms. The van der Waals surface area contributed by atoms with Gasteiger partial charge in [0.15, 0.2) is 11.5 Å². The van der Waals surface area contributed by atoms with Gasteiger partial charge in [-0.3, -0.25) is 9.59 Å². The topological polar surface area (TPSA) is 76.7 Å². The molecule has 0 spiro atoms. The molecule has 0 aliphatic carbocycles. The van der Waals surface area contributed by atoms with Crippen LogP contribution in [0.2, 0.25) is 0 Å². The predicted octanol–water partition coefficient (Wildman–Crippen LogP) is 3.55. The second kappa shape index (κ2) is 10.0. The van der Waals surface area contributed by atoms with Crippen LogP contribution in [-0.2, 0) is 22.4 Å². The number of benzene rings is 2. The maximum Gasteiger partial charge on any atom is 0.387 e. The lowest BCUT2D eigenvalue weighted by atomic mass is 9.89. The Morgan fingerprint density at radius 3 is 2.80 bits per heavy atom. The molecule has 3 rings (SSSR count). The van der Waals surface area contributed by atoms with Crippen LogP contribution >= 0.6 is 0 Å². The van der Waals surface area contributed by atoms with E-state index in [1.807, 2.05) is 24.3 Å².